The van der Waals surface area contributed by atoms with Gasteiger partial charge in [0.15, 0.2) is 12.4 Å². The van der Waals surface area contributed by atoms with Crippen molar-refractivity contribution in [2.75, 3.05) is 11.9 Å². The highest BCUT2D eigenvalue weighted by atomic mass is 79.9. The fourth-order valence-corrected chi connectivity index (χ4v) is 5.05. The lowest BCUT2D eigenvalue weighted by Crippen LogP contribution is -2.29. The summed E-state index contributed by atoms with van der Waals surface area (Å²) < 4.78 is 6.37. The van der Waals surface area contributed by atoms with E-state index in [1.165, 1.54) is 5.56 Å². The molecular formula is C27H21BrClNO3. The first-order valence-corrected chi connectivity index (χ1v) is 12.0. The van der Waals surface area contributed by atoms with Gasteiger partial charge in [0.1, 0.15) is 0 Å². The van der Waals surface area contributed by atoms with Crippen molar-refractivity contribution in [3.63, 3.8) is 0 Å². The third-order valence-electron chi connectivity index (χ3n) is 6.33. The van der Waals surface area contributed by atoms with Crippen LogP contribution >= 0.6 is 27.5 Å². The molecule has 6 heteroatoms. The zero-order chi connectivity index (χ0) is 22.9. The average Bonchev–Trinajstić information content (AvgIpc) is 3.33. The summed E-state index contributed by atoms with van der Waals surface area (Å²) in [6.45, 7) is -0.312. The van der Waals surface area contributed by atoms with Gasteiger partial charge in [-0.3, -0.25) is 4.79 Å². The lowest BCUT2D eigenvalue weighted by Gasteiger charge is -2.37. The summed E-state index contributed by atoms with van der Waals surface area (Å²) in [4.78, 5) is 25.0. The van der Waals surface area contributed by atoms with E-state index < -0.39 is 5.97 Å². The second-order valence-corrected chi connectivity index (χ2v) is 9.69. The van der Waals surface area contributed by atoms with Gasteiger partial charge >= 0.3 is 5.97 Å². The summed E-state index contributed by atoms with van der Waals surface area (Å²) in [7, 11) is 0. The SMILES string of the molecule is O=C(COC(=O)c1ccc2c(c1)C1C=CCC1C(c1ccc(Br)cc1)N2)c1ccc(Cl)cc1. The van der Waals surface area contributed by atoms with Gasteiger partial charge in [-0.25, -0.2) is 4.79 Å². The largest absolute Gasteiger partial charge is 0.454 e. The number of esters is 1. The van der Waals surface area contributed by atoms with Crippen LogP contribution in [0.25, 0.3) is 0 Å². The molecule has 0 radical (unpaired) electrons. The Morgan fingerprint density at radius 3 is 2.48 bits per heavy atom. The molecule has 166 valence electrons. The summed E-state index contributed by atoms with van der Waals surface area (Å²) in [5, 5.41) is 4.22. The minimum atomic E-state index is -0.506. The monoisotopic (exact) mass is 521 g/mol. The van der Waals surface area contributed by atoms with Crippen molar-refractivity contribution in [1.29, 1.82) is 0 Å². The third-order valence-corrected chi connectivity index (χ3v) is 7.11. The molecule has 3 aromatic rings. The lowest BCUT2D eigenvalue weighted by atomic mass is 9.76. The van der Waals surface area contributed by atoms with Gasteiger partial charge in [0.25, 0.3) is 0 Å². The van der Waals surface area contributed by atoms with E-state index in [-0.39, 0.29) is 24.3 Å². The van der Waals surface area contributed by atoms with E-state index in [2.05, 4.69) is 57.7 Å². The lowest BCUT2D eigenvalue weighted by molar-refractivity contribution is 0.0474. The van der Waals surface area contributed by atoms with Crippen LogP contribution in [0.5, 0.6) is 0 Å². The highest BCUT2D eigenvalue weighted by molar-refractivity contribution is 9.10. The topological polar surface area (TPSA) is 55.4 Å². The van der Waals surface area contributed by atoms with Crippen LogP contribution in [0, 0.1) is 5.92 Å². The quantitative estimate of drug-likeness (QED) is 0.223. The van der Waals surface area contributed by atoms with Gasteiger partial charge in [0.05, 0.1) is 11.6 Å². The second kappa shape index (κ2) is 9.16. The number of anilines is 1. The first kappa shape index (κ1) is 21.9. The zero-order valence-electron chi connectivity index (χ0n) is 17.6. The van der Waals surface area contributed by atoms with Crippen molar-refractivity contribution >= 4 is 45.0 Å². The molecule has 3 aromatic carbocycles. The van der Waals surface area contributed by atoms with Crippen LogP contribution in [0.1, 0.15) is 50.2 Å². The highest BCUT2D eigenvalue weighted by Crippen LogP contribution is 2.50. The Balaban J connectivity index is 1.33. The molecule has 3 unspecified atom stereocenters. The van der Waals surface area contributed by atoms with Crippen LogP contribution in [0.4, 0.5) is 5.69 Å². The van der Waals surface area contributed by atoms with Gasteiger partial charge < -0.3 is 10.1 Å². The number of ether oxygens (including phenoxy) is 1. The van der Waals surface area contributed by atoms with Crippen LogP contribution in [0.2, 0.25) is 5.02 Å². The first-order chi connectivity index (χ1) is 16.0. The van der Waals surface area contributed by atoms with Crippen LogP contribution in [0.15, 0.2) is 83.4 Å². The molecule has 1 aliphatic carbocycles. The number of hydrogen-bond donors (Lipinski definition) is 1. The minimum Gasteiger partial charge on any atom is -0.454 e. The number of benzene rings is 3. The number of ketones is 1. The minimum absolute atomic E-state index is 0.195. The number of carbonyl (C=O) groups excluding carboxylic acids is 2. The number of allylic oxidation sites excluding steroid dienone is 2. The van der Waals surface area contributed by atoms with E-state index in [1.54, 1.807) is 30.3 Å². The summed E-state index contributed by atoms with van der Waals surface area (Å²) in [5.41, 5.74) is 4.25. The maximum atomic E-state index is 12.7. The Kier molecular flexibility index (Phi) is 6.09. The molecule has 0 saturated heterocycles. The number of carbonyl (C=O) groups is 2. The molecular weight excluding hydrogens is 502 g/mol. The molecule has 0 saturated carbocycles. The first-order valence-electron chi connectivity index (χ1n) is 10.8. The molecule has 0 spiro atoms. The molecule has 33 heavy (non-hydrogen) atoms. The van der Waals surface area contributed by atoms with E-state index in [0.717, 1.165) is 22.1 Å². The van der Waals surface area contributed by atoms with Gasteiger partial charge in [-0.15, -0.1) is 0 Å². The number of fused-ring (bicyclic) bond motifs is 3. The molecule has 0 amide bonds. The van der Waals surface area contributed by atoms with Gasteiger partial charge in [-0.05, 0) is 78.1 Å². The summed E-state index contributed by atoms with van der Waals surface area (Å²) in [6.07, 6.45) is 5.42. The van der Waals surface area contributed by atoms with Crippen molar-refractivity contribution in [3.8, 4) is 0 Å². The Morgan fingerprint density at radius 1 is 1.00 bits per heavy atom. The summed E-state index contributed by atoms with van der Waals surface area (Å²) in [6, 6.07) is 20.7. The molecule has 5 rings (SSSR count). The molecule has 3 atom stereocenters. The average molecular weight is 523 g/mol. The van der Waals surface area contributed by atoms with E-state index >= 15 is 0 Å². The predicted molar refractivity (Wildman–Crippen MR) is 133 cm³/mol. The Hall–Kier alpha value is -2.89. The molecule has 1 heterocycles. The molecule has 1 aliphatic heterocycles. The summed E-state index contributed by atoms with van der Waals surface area (Å²) in [5.74, 6) is -0.181. The van der Waals surface area contributed by atoms with Crippen LogP contribution in [-0.2, 0) is 4.74 Å². The van der Waals surface area contributed by atoms with Crippen molar-refractivity contribution < 1.29 is 14.3 Å². The number of hydrogen-bond acceptors (Lipinski definition) is 4. The fourth-order valence-electron chi connectivity index (χ4n) is 4.66. The van der Waals surface area contributed by atoms with E-state index in [1.807, 2.05) is 12.1 Å². The van der Waals surface area contributed by atoms with Gasteiger partial charge in [-0.2, -0.15) is 0 Å². The van der Waals surface area contributed by atoms with Crippen LogP contribution in [-0.4, -0.2) is 18.4 Å². The highest BCUT2D eigenvalue weighted by Gasteiger charge is 2.38. The van der Waals surface area contributed by atoms with Crippen LogP contribution in [0.3, 0.4) is 0 Å². The smallest absolute Gasteiger partial charge is 0.338 e. The van der Waals surface area contributed by atoms with Gasteiger partial charge in [-0.1, -0.05) is 51.8 Å². The normalized spacial score (nSPS) is 20.5. The van der Waals surface area contributed by atoms with Crippen LogP contribution < -0.4 is 5.32 Å². The number of nitrogens with one attached hydrogen (secondary N) is 1. The molecule has 0 aromatic heterocycles. The number of Topliss-reactive ketones (excluding diaryl/α,β-unsaturated/α-hetero) is 1. The Labute approximate surface area is 205 Å². The van der Waals surface area contributed by atoms with Crippen molar-refractivity contribution in [2.45, 2.75) is 18.4 Å². The van der Waals surface area contributed by atoms with E-state index in [0.29, 0.717) is 22.1 Å². The fraction of sp³-hybridized carbons (Fsp3) is 0.185. The number of rotatable bonds is 5. The summed E-state index contributed by atoms with van der Waals surface area (Å²) >= 11 is 9.37. The van der Waals surface area contributed by atoms with Gasteiger partial charge in [0, 0.05) is 26.7 Å². The third kappa shape index (κ3) is 4.48. The molecule has 0 bridgehead atoms. The maximum absolute atomic E-state index is 12.7. The maximum Gasteiger partial charge on any atom is 0.338 e. The predicted octanol–water partition coefficient (Wildman–Crippen LogP) is 6.97. The van der Waals surface area contributed by atoms with Gasteiger partial charge in [0.2, 0.25) is 0 Å². The van der Waals surface area contributed by atoms with E-state index in [9.17, 15) is 9.59 Å². The molecule has 1 N–H and O–H groups in total. The van der Waals surface area contributed by atoms with Crippen molar-refractivity contribution in [2.24, 2.45) is 5.92 Å². The number of halogens is 2. The molecule has 0 fully saturated rings. The molecule has 4 nitrogen and oxygen atoms in total. The Morgan fingerprint density at radius 2 is 1.73 bits per heavy atom. The standard InChI is InChI=1S/C27H21BrClNO3/c28-19-9-4-17(5-10-19)26-22-3-1-2-21(22)23-14-18(8-13-24(23)30-26)27(32)33-15-25(31)16-6-11-20(29)12-7-16/h1-2,4-14,21-22,26,30H,3,15H2. The van der Waals surface area contributed by atoms with Crippen molar-refractivity contribution in [1.82, 2.24) is 0 Å². The van der Waals surface area contributed by atoms with Crippen molar-refractivity contribution in [3.05, 3.63) is 111 Å². The second-order valence-electron chi connectivity index (χ2n) is 8.34. The van der Waals surface area contributed by atoms with E-state index in [4.69, 9.17) is 16.3 Å². The molecule has 2 aliphatic rings. The Bertz CT molecular complexity index is 1240. The zero-order valence-corrected chi connectivity index (χ0v) is 20.0.